The van der Waals surface area contributed by atoms with Crippen LogP contribution in [0.5, 0.6) is 5.75 Å². The molecule has 1 fully saturated rings. The summed E-state index contributed by atoms with van der Waals surface area (Å²) in [5.74, 6) is -0.405. The highest BCUT2D eigenvalue weighted by molar-refractivity contribution is 5.94. The van der Waals surface area contributed by atoms with E-state index >= 15 is 0 Å². The molecule has 1 saturated heterocycles. The number of aromatic nitrogens is 1. The van der Waals surface area contributed by atoms with E-state index in [4.69, 9.17) is 9.47 Å². The standard InChI is InChI=1S/C23H23FN2O4/c1-29-17-9-8-15-11-16(22(27)25-21(15)12-17)13-26(14-18-5-4-10-30-18)23(28)19-6-2-3-7-20(19)24/h2-3,6-9,11-12,18H,4-5,10,13-14H2,1H3,(H,25,27)/t18-/m1/s1. The van der Waals surface area contributed by atoms with E-state index < -0.39 is 11.7 Å². The number of H-pyrrole nitrogens is 1. The summed E-state index contributed by atoms with van der Waals surface area (Å²) in [5, 5.41) is 0.820. The molecule has 0 bridgehead atoms. The van der Waals surface area contributed by atoms with E-state index in [0.717, 1.165) is 18.2 Å². The number of methoxy groups -OCH3 is 1. The van der Waals surface area contributed by atoms with Gasteiger partial charge in [-0.25, -0.2) is 4.39 Å². The van der Waals surface area contributed by atoms with E-state index in [-0.39, 0.29) is 23.8 Å². The van der Waals surface area contributed by atoms with Crippen molar-refractivity contribution in [2.75, 3.05) is 20.3 Å². The summed E-state index contributed by atoms with van der Waals surface area (Å²) >= 11 is 0. The third-order valence-corrected chi connectivity index (χ3v) is 5.33. The van der Waals surface area contributed by atoms with Gasteiger partial charge in [-0.1, -0.05) is 12.1 Å². The zero-order valence-electron chi connectivity index (χ0n) is 16.7. The molecule has 4 rings (SSSR count). The molecule has 2 heterocycles. The minimum atomic E-state index is -0.584. The van der Waals surface area contributed by atoms with Gasteiger partial charge in [0, 0.05) is 24.8 Å². The minimum Gasteiger partial charge on any atom is -0.497 e. The lowest BCUT2D eigenvalue weighted by Gasteiger charge is -2.25. The predicted octanol–water partition coefficient (Wildman–Crippen LogP) is 3.50. The maximum atomic E-state index is 14.3. The molecule has 1 aliphatic heterocycles. The second kappa shape index (κ2) is 8.67. The molecule has 0 aliphatic carbocycles. The number of ether oxygens (including phenoxy) is 2. The molecule has 1 N–H and O–H groups in total. The zero-order valence-corrected chi connectivity index (χ0v) is 16.7. The van der Waals surface area contributed by atoms with Gasteiger partial charge in [-0.05, 0) is 48.6 Å². The number of fused-ring (bicyclic) bond motifs is 1. The molecule has 0 spiro atoms. The maximum absolute atomic E-state index is 14.3. The number of hydrogen-bond acceptors (Lipinski definition) is 4. The van der Waals surface area contributed by atoms with Gasteiger partial charge in [-0.3, -0.25) is 9.59 Å². The SMILES string of the molecule is COc1ccc2cc(CN(C[C@H]3CCCO3)C(=O)c3ccccc3F)c(=O)[nH]c2c1. The molecule has 0 saturated carbocycles. The van der Waals surface area contributed by atoms with Gasteiger partial charge in [-0.15, -0.1) is 0 Å². The third kappa shape index (κ3) is 4.21. The van der Waals surface area contributed by atoms with Crippen LogP contribution in [0, 0.1) is 5.82 Å². The van der Waals surface area contributed by atoms with E-state index in [1.165, 1.54) is 17.0 Å². The molecule has 0 radical (unpaired) electrons. The van der Waals surface area contributed by atoms with Crippen molar-refractivity contribution in [1.29, 1.82) is 0 Å². The Morgan fingerprint density at radius 3 is 2.83 bits per heavy atom. The average Bonchev–Trinajstić information content (AvgIpc) is 3.26. The Morgan fingerprint density at radius 1 is 1.27 bits per heavy atom. The van der Waals surface area contributed by atoms with E-state index in [1.807, 2.05) is 6.07 Å². The summed E-state index contributed by atoms with van der Waals surface area (Å²) in [6, 6.07) is 13.0. The van der Waals surface area contributed by atoms with Crippen LogP contribution in [0.15, 0.2) is 53.3 Å². The molecule has 1 aromatic heterocycles. The first kappa shape index (κ1) is 20.1. The molecule has 1 amide bonds. The van der Waals surface area contributed by atoms with Crippen LogP contribution in [0.2, 0.25) is 0 Å². The van der Waals surface area contributed by atoms with Gasteiger partial charge in [-0.2, -0.15) is 0 Å². The Balaban J connectivity index is 1.67. The number of amides is 1. The fraction of sp³-hybridized carbons (Fsp3) is 0.304. The number of rotatable bonds is 6. The predicted molar refractivity (Wildman–Crippen MR) is 111 cm³/mol. The molecule has 30 heavy (non-hydrogen) atoms. The van der Waals surface area contributed by atoms with Gasteiger partial charge >= 0.3 is 0 Å². The normalized spacial score (nSPS) is 16.0. The summed E-state index contributed by atoms with van der Waals surface area (Å²) in [4.78, 5) is 30.1. The Hall–Kier alpha value is -3.19. The number of aromatic amines is 1. The van der Waals surface area contributed by atoms with Crippen LogP contribution in [-0.4, -0.2) is 42.2 Å². The van der Waals surface area contributed by atoms with Crippen LogP contribution in [0.3, 0.4) is 0 Å². The topological polar surface area (TPSA) is 71.6 Å². The Bertz CT molecular complexity index is 1120. The highest BCUT2D eigenvalue weighted by Gasteiger charge is 2.26. The number of halogens is 1. The van der Waals surface area contributed by atoms with Gasteiger partial charge in [0.1, 0.15) is 11.6 Å². The summed E-state index contributed by atoms with van der Waals surface area (Å²) in [7, 11) is 1.56. The molecule has 7 heteroatoms. The largest absolute Gasteiger partial charge is 0.497 e. The van der Waals surface area contributed by atoms with Crippen molar-refractivity contribution in [3.63, 3.8) is 0 Å². The first-order chi connectivity index (χ1) is 14.5. The lowest BCUT2D eigenvalue weighted by Crippen LogP contribution is -2.38. The van der Waals surface area contributed by atoms with Gasteiger partial charge < -0.3 is 19.4 Å². The van der Waals surface area contributed by atoms with Gasteiger partial charge in [0.25, 0.3) is 11.5 Å². The number of nitrogens with one attached hydrogen (secondary N) is 1. The smallest absolute Gasteiger partial charge is 0.257 e. The summed E-state index contributed by atoms with van der Waals surface area (Å²) < 4.78 is 25.1. The van der Waals surface area contributed by atoms with E-state index in [2.05, 4.69) is 4.98 Å². The third-order valence-electron chi connectivity index (χ3n) is 5.33. The number of carbonyl (C=O) groups is 1. The molecule has 1 atom stereocenters. The first-order valence-corrected chi connectivity index (χ1v) is 9.90. The quantitative estimate of drug-likeness (QED) is 0.675. The van der Waals surface area contributed by atoms with E-state index in [1.54, 1.807) is 37.4 Å². The summed E-state index contributed by atoms with van der Waals surface area (Å²) in [6.07, 6.45) is 1.63. The summed E-state index contributed by atoms with van der Waals surface area (Å²) in [6.45, 7) is 1.00. The monoisotopic (exact) mass is 410 g/mol. The lowest BCUT2D eigenvalue weighted by atomic mass is 10.1. The van der Waals surface area contributed by atoms with Gasteiger partial charge in [0.05, 0.1) is 30.8 Å². The van der Waals surface area contributed by atoms with Crippen LogP contribution in [0.4, 0.5) is 4.39 Å². The van der Waals surface area contributed by atoms with Crippen LogP contribution in [0.25, 0.3) is 10.9 Å². The minimum absolute atomic E-state index is 0.0162. The fourth-order valence-corrected chi connectivity index (χ4v) is 3.73. The highest BCUT2D eigenvalue weighted by atomic mass is 19.1. The van der Waals surface area contributed by atoms with E-state index in [9.17, 15) is 14.0 Å². The van der Waals surface area contributed by atoms with Crippen molar-refractivity contribution in [2.24, 2.45) is 0 Å². The van der Waals surface area contributed by atoms with Crippen LogP contribution in [0.1, 0.15) is 28.8 Å². The number of benzene rings is 2. The van der Waals surface area contributed by atoms with Crippen molar-refractivity contribution in [2.45, 2.75) is 25.5 Å². The fourth-order valence-electron chi connectivity index (χ4n) is 3.73. The van der Waals surface area contributed by atoms with Crippen LogP contribution in [-0.2, 0) is 11.3 Å². The number of nitrogens with zero attached hydrogens (tertiary/aromatic N) is 1. The average molecular weight is 410 g/mol. The number of pyridine rings is 1. The maximum Gasteiger partial charge on any atom is 0.257 e. The Kier molecular flexibility index (Phi) is 5.81. The number of hydrogen-bond donors (Lipinski definition) is 1. The second-order valence-corrected chi connectivity index (χ2v) is 7.38. The van der Waals surface area contributed by atoms with Crippen LogP contribution >= 0.6 is 0 Å². The molecule has 0 unspecified atom stereocenters. The molecule has 1 aliphatic rings. The lowest BCUT2D eigenvalue weighted by molar-refractivity contribution is 0.0503. The number of carbonyl (C=O) groups excluding carboxylic acids is 1. The Morgan fingerprint density at radius 2 is 2.10 bits per heavy atom. The van der Waals surface area contributed by atoms with Crippen molar-refractivity contribution in [1.82, 2.24) is 9.88 Å². The van der Waals surface area contributed by atoms with Crippen molar-refractivity contribution in [3.8, 4) is 5.75 Å². The molecule has 156 valence electrons. The molecular formula is C23H23FN2O4. The van der Waals surface area contributed by atoms with Crippen molar-refractivity contribution < 1.29 is 18.7 Å². The van der Waals surface area contributed by atoms with Gasteiger partial charge in [0.15, 0.2) is 0 Å². The van der Waals surface area contributed by atoms with Crippen LogP contribution < -0.4 is 10.3 Å². The van der Waals surface area contributed by atoms with Crippen molar-refractivity contribution >= 4 is 16.8 Å². The molecule has 2 aromatic carbocycles. The second-order valence-electron chi connectivity index (χ2n) is 7.38. The van der Waals surface area contributed by atoms with Crippen molar-refractivity contribution in [3.05, 3.63) is 75.8 Å². The Labute approximate surface area is 173 Å². The highest BCUT2D eigenvalue weighted by Crippen LogP contribution is 2.21. The summed E-state index contributed by atoms with van der Waals surface area (Å²) in [5.41, 5.74) is 0.761. The zero-order chi connectivity index (χ0) is 21.1. The van der Waals surface area contributed by atoms with Gasteiger partial charge in [0.2, 0.25) is 0 Å². The molecule has 6 nitrogen and oxygen atoms in total. The molecular weight excluding hydrogens is 387 g/mol. The van der Waals surface area contributed by atoms with E-state index in [0.29, 0.717) is 30.0 Å². The molecule has 3 aromatic rings. The first-order valence-electron chi connectivity index (χ1n) is 9.90.